The maximum absolute atomic E-state index is 6.09. The van der Waals surface area contributed by atoms with E-state index < -0.39 is 0 Å². The van der Waals surface area contributed by atoms with E-state index in [2.05, 4.69) is 24.5 Å². The lowest BCUT2D eigenvalue weighted by Gasteiger charge is -2.29. The van der Waals surface area contributed by atoms with Crippen LogP contribution in [0.2, 0.25) is 4.34 Å². The van der Waals surface area contributed by atoms with Crippen LogP contribution in [0.1, 0.15) is 38.4 Å². The van der Waals surface area contributed by atoms with E-state index in [9.17, 15) is 0 Å². The van der Waals surface area contributed by atoms with Crippen molar-refractivity contribution < 1.29 is 4.74 Å². The fraction of sp³-hybridized carbons (Fsp3) is 0.692. The summed E-state index contributed by atoms with van der Waals surface area (Å²) in [7, 11) is 0. The average molecular weight is 274 g/mol. The molecule has 2 heterocycles. The highest BCUT2D eigenvalue weighted by molar-refractivity contribution is 7.14. The van der Waals surface area contributed by atoms with Gasteiger partial charge in [-0.3, -0.25) is 0 Å². The molecule has 1 unspecified atom stereocenters. The van der Waals surface area contributed by atoms with Crippen molar-refractivity contribution >= 4 is 22.9 Å². The van der Waals surface area contributed by atoms with Crippen molar-refractivity contribution in [3.8, 4) is 0 Å². The third-order valence-electron chi connectivity index (χ3n) is 3.88. The number of hydrogen-bond donors (Lipinski definition) is 1. The quantitative estimate of drug-likeness (QED) is 0.903. The van der Waals surface area contributed by atoms with Gasteiger partial charge in [0.2, 0.25) is 0 Å². The molecule has 96 valence electrons. The molecule has 0 spiro atoms. The Balaban J connectivity index is 2.05. The van der Waals surface area contributed by atoms with E-state index in [-0.39, 0.29) is 6.10 Å². The van der Waals surface area contributed by atoms with Crippen LogP contribution in [0, 0.1) is 5.41 Å². The van der Waals surface area contributed by atoms with Crippen LogP contribution in [0.4, 0.5) is 0 Å². The standard InChI is InChI=1S/C13H20ClNOS/c1-3-13(4-2)8-15-6-11(16-9-13)10-5-12(14)17-7-10/h5,7,11,15H,3-4,6,8-9H2,1-2H3. The minimum atomic E-state index is 0.152. The third-order valence-corrected chi connectivity index (χ3v) is 4.99. The van der Waals surface area contributed by atoms with Gasteiger partial charge in [-0.25, -0.2) is 0 Å². The van der Waals surface area contributed by atoms with Crippen LogP contribution in [-0.4, -0.2) is 19.7 Å². The van der Waals surface area contributed by atoms with Gasteiger partial charge in [-0.15, -0.1) is 11.3 Å². The molecule has 4 heteroatoms. The van der Waals surface area contributed by atoms with E-state index in [0.717, 1.165) is 36.9 Å². The molecule has 0 amide bonds. The van der Waals surface area contributed by atoms with Crippen LogP contribution in [0.25, 0.3) is 0 Å². The Kier molecular flexibility index (Phi) is 4.47. The van der Waals surface area contributed by atoms with Gasteiger partial charge in [-0.05, 0) is 29.9 Å². The number of ether oxygens (including phenoxy) is 1. The number of hydrogen-bond acceptors (Lipinski definition) is 3. The summed E-state index contributed by atoms with van der Waals surface area (Å²) in [6.45, 7) is 7.26. The van der Waals surface area contributed by atoms with Crippen molar-refractivity contribution in [2.24, 2.45) is 5.41 Å². The van der Waals surface area contributed by atoms with Gasteiger partial charge < -0.3 is 10.1 Å². The summed E-state index contributed by atoms with van der Waals surface area (Å²) in [6.07, 6.45) is 2.47. The lowest BCUT2D eigenvalue weighted by atomic mass is 9.83. The highest BCUT2D eigenvalue weighted by atomic mass is 35.5. The topological polar surface area (TPSA) is 21.3 Å². The lowest BCUT2D eigenvalue weighted by molar-refractivity contribution is 0.0105. The molecule has 1 fully saturated rings. The number of rotatable bonds is 3. The second-order valence-electron chi connectivity index (χ2n) is 4.82. The molecule has 17 heavy (non-hydrogen) atoms. The van der Waals surface area contributed by atoms with Crippen molar-refractivity contribution in [1.29, 1.82) is 0 Å². The Morgan fingerprint density at radius 3 is 2.88 bits per heavy atom. The molecule has 1 N–H and O–H groups in total. The smallest absolute Gasteiger partial charge is 0.0958 e. The van der Waals surface area contributed by atoms with Crippen molar-refractivity contribution in [2.45, 2.75) is 32.8 Å². The molecule has 1 saturated heterocycles. The summed E-state index contributed by atoms with van der Waals surface area (Å²) in [5.41, 5.74) is 1.50. The van der Waals surface area contributed by atoms with Gasteiger partial charge in [-0.1, -0.05) is 25.4 Å². The molecule has 1 aliphatic heterocycles. The van der Waals surface area contributed by atoms with Gasteiger partial charge in [0.1, 0.15) is 0 Å². The maximum atomic E-state index is 6.09. The van der Waals surface area contributed by atoms with E-state index in [1.54, 1.807) is 11.3 Å². The summed E-state index contributed by atoms with van der Waals surface area (Å²) in [5.74, 6) is 0. The van der Waals surface area contributed by atoms with Crippen LogP contribution in [0.5, 0.6) is 0 Å². The zero-order valence-corrected chi connectivity index (χ0v) is 12.0. The summed E-state index contributed by atoms with van der Waals surface area (Å²) < 4.78 is 6.92. The molecule has 1 atom stereocenters. The Bertz CT molecular complexity index is 362. The molecule has 1 aliphatic rings. The van der Waals surface area contributed by atoms with Crippen LogP contribution >= 0.6 is 22.9 Å². The molecule has 1 aromatic heterocycles. The molecular weight excluding hydrogens is 254 g/mol. The summed E-state index contributed by atoms with van der Waals surface area (Å²) in [4.78, 5) is 0. The monoisotopic (exact) mass is 273 g/mol. The van der Waals surface area contributed by atoms with E-state index in [1.165, 1.54) is 5.56 Å². The van der Waals surface area contributed by atoms with E-state index in [0.29, 0.717) is 5.41 Å². The van der Waals surface area contributed by atoms with Gasteiger partial charge in [0.25, 0.3) is 0 Å². The normalized spacial score (nSPS) is 24.5. The first kappa shape index (κ1) is 13.3. The van der Waals surface area contributed by atoms with Gasteiger partial charge >= 0.3 is 0 Å². The van der Waals surface area contributed by atoms with E-state index in [4.69, 9.17) is 16.3 Å². The van der Waals surface area contributed by atoms with Crippen molar-refractivity contribution in [2.75, 3.05) is 19.7 Å². The first-order valence-electron chi connectivity index (χ1n) is 6.25. The first-order chi connectivity index (χ1) is 8.19. The first-order valence-corrected chi connectivity index (χ1v) is 7.51. The molecule has 2 nitrogen and oxygen atoms in total. The Labute approximate surface area is 112 Å². The molecule has 0 saturated carbocycles. The minimum Gasteiger partial charge on any atom is -0.372 e. The predicted molar refractivity (Wildman–Crippen MR) is 73.9 cm³/mol. The van der Waals surface area contributed by atoms with E-state index >= 15 is 0 Å². The number of halogens is 1. The molecule has 0 aliphatic carbocycles. The second kappa shape index (κ2) is 5.70. The molecule has 0 aromatic carbocycles. The zero-order chi connectivity index (χ0) is 12.3. The fourth-order valence-corrected chi connectivity index (χ4v) is 3.20. The molecule has 0 bridgehead atoms. The van der Waals surface area contributed by atoms with Crippen molar-refractivity contribution in [3.05, 3.63) is 21.3 Å². The number of thiophene rings is 1. The molecule has 0 radical (unpaired) electrons. The Morgan fingerprint density at radius 1 is 1.53 bits per heavy atom. The molecular formula is C13H20ClNOS. The van der Waals surface area contributed by atoms with Gasteiger partial charge in [0, 0.05) is 18.5 Å². The maximum Gasteiger partial charge on any atom is 0.0958 e. The van der Waals surface area contributed by atoms with Gasteiger partial charge in [-0.2, -0.15) is 0 Å². The molecule has 1 aromatic rings. The van der Waals surface area contributed by atoms with Crippen molar-refractivity contribution in [1.82, 2.24) is 5.32 Å². The van der Waals surface area contributed by atoms with Crippen LogP contribution in [0.3, 0.4) is 0 Å². The highest BCUT2D eigenvalue weighted by Gasteiger charge is 2.31. The third kappa shape index (κ3) is 3.02. The van der Waals surface area contributed by atoms with E-state index in [1.807, 2.05) is 6.07 Å². The zero-order valence-electron chi connectivity index (χ0n) is 10.5. The average Bonchev–Trinajstić information content (AvgIpc) is 2.66. The Hall–Kier alpha value is -0.0900. The summed E-state index contributed by atoms with van der Waals surface area (Å²) in [5, 5.41) is 5.63. The van der Waals surface area contributed by atoms with Gasteiger partial charge in [0.15, 0.2) is 0 Å². The number of nitrogens with one attached hydrogen (secondary N) is 1. The van der Waals surface area contributed by atoms with Crippen LogP contribution < -0.4 is 5.32 Å². The second-order valence-corrected chi connectivity index (χ2v) is 6.36. The molecule has 2 rings (SSSR count). The van der Waals surface area contributed by atoms with Crippen LogP contribution in [-0.2, 0) is 4.74 Å². The minimum absolute atomic E-state index is 0.152. The largest absolute Gasteiger partial charge is 0.372 e. The fourth-order valence-electron chi connectivity index (χ4n) is 2.27. The SMILES string of the molecule is CCC1(CC)CNCC(c2csc(Cl)c2)OC1. The predicted octanol–water partition coefficient (Wildman–Crippen LogP) is 3.87. The Morgan fingerprint density at radius 2 is 2.29 bits per heavy atom. The van der Waals surface area contributed by atoms with Crippen molar-refractivity contribution in [3.63, 3.8) is 0 Å². The lowest BCUT2D eigenvalue weighted by Crippen LogP contribution is -2.34. The van der Waals surface area contributed by atoms with Crippen LogP contribution in [0.15, 0.2) is 11.4 Å². The summed E-state index contributed by atoms with van der Waals surface area (Å²) in [6, 6.07) is 2.02. The highest BCUT2D eigenvalue weighted by Crippen LogP contribution is 2.33. The van der Waals surface area contributed by atoms with Gasteiger partial charge in [0.05, 0.1) is 17.0 Å². The summed E-state index contributed by atoms with van der Waals surface area (Å²) >= 11 is 7.55.